The highest BCUT2D eigenvalue weighted by atomic mass is 32.2. The smallest absolute Gasteiger partial charge is 0.308 e. The average Bonchev–Trinajstić information content (AvgIpc) is 2.83. The SMILES string of the molecule is CCCC(CNC(=O)c1cc(S(C)(=O)=O)cs1)C(=O)O. The van der Waals surface area contributed by atoms with Crippen LogP contribution in [0.25, 0.3) is 0 Å². The van der Waals surface area contributed by atoms with Gasteiger partial charge in [-0.05, 0) is 12.5 Å². The molecule has 2 N–H and O–H groups in total. The Labute approximate surface area is 121 Å². The number of amides is 1. The summed E-state index contributed by atoms with van der Waals surface area (Å²) in [5.74, 6) is -2.03. The van der Waals surface area contributed by atoms with Gasteiger partial charge in [0, 0.05) is 18.2 Å². The third kappa shape index (κ3) is 4.61. The van der Waals surface area contributed by atoms with Gasteiger partial charge in [-0.25, -0.2) is 8.42 Å². The molecule has 20 heavy (non-hydrogen) atoms. The van der Waals surface area contributed by atoms with Gasteiger partial charge in [0.2, 0.25) is 0 Å². The maximum atomic E-state index is 11.8. The van der Waals surface area contributed by atoms with Crippen LogP contribution in [0.3, 0.4) is 0 Å². The number of carboxylic acids is 1. The summed E-state index contributed by atoms with van der Waals surface area (Å²) in [4.78, 5) is 23.1. The topological polar surface area (TPSA) is 101 Å². The predicted molar refractivity (Wildman–Crippen MR) is 75.8 cm³/mol. The van der Waals surface area contributed by atoms with Crippen molar-refractivity contribution in [3.8, 4) is 0 Å². The standard InChI is InChI=1S/C12H17NO5S2/c1-3-4-8(12(15)16)6-13-11(14)10-5-9(7-19-10)20(2,17)18/h5,7-8H,3-4,6H2,1-2H3,(H,13,14)(H,15,16). The molecule has 1 aromatic heterocycles. The molecule has 0 aliphatic rings. The first-order valence-electron chi connectivity index (χ1n) is 6.05. The first-order chi connectivity index (χ1) is 9.25. The van der Waals surface area contributed by atoms with Gasteiger partial charge in [-0.15, -0.1) is 11.3 Å². The Bertz CT molecular complexity index is 591. The zero-order chi connectivity index (χ0) is 15.3. The molecule has 0 bridgehead atoms. The van der Waals surface area contributed by atoms with Crippen molar-refractivity contribution in [2.75, 3.05) is 12.8 Å². The molecule has 0 saturated carbocycles. The summed E-state index contributed by atoms with van der Waals surface area (Å²) in [7, 11) is -3.33. The summed E-state index contributed by atoms with van der Waals surface area (Å²) in [5, 5.41) is 12.9. The summed E-state index contributed by atoms with van der Waals surface area (Å²) in [5.41, 5.74) is 0. The van der Waals surface area contributed by atoms with Crippen LogP contribution in [0.5, 0.6) is 0 Å². The molecule has 1 heterocycles. The van der Waals surface area contributed by atoms with Gasteiger partial charge < -0.3 is 10.4 Å². The van der Waals surface area contributed by atoms with Crippen molar-refractivity contribution in [2.45, 2.75) is 24.7 Å². The number of carboxylic acid groups (broad SMARTS) is 1. The lowest BCUT2D eigenvalue weighted by Gasteiger charge is -2.11. The van der Waals surface area contributed by atoms with Gasteiger partial charge in [0.15, 0.2) is 9.84 Å². The Morgan fingerprint density at radius 2 is 2.10 bits per heavy atom. The molecule has 1 atom stereocenters. The van der Waals surface area contributed by atoms with Crippen LogP contribution in [-0.4, -0.2) is 38.2 Å². The van der Waals surface area contributed by atoms with E-state index in [0.717, 1.165) is 17.6 Å². The van der Waals surface area contributed by atoms with E-state index in [1.54, 1.807) is 0 Å². The van der Waals surface area contributed by atoms with Crippen molar-refractivity contribution >= 4 is 33.1 Å². The molecule has 0 radical (unpaired) electrons. The van der Waals surface area contributed by atoms with E-state index < -0.39 is 27.6 Å². The summed E-state index contributed by atoms with van der Waals surface area (Å²) in [6, 6.07) is 1.30. The van der Waals surface area contributed by atoms with E-state index in [0.29, 0.717) is 12.8 Å². The number of carbonyl (C=O) groups is 2. The second kappa shape index (κ2) is 6.85. The molecule has 1 amide bonds. The van der Waals surface area contributed by atoms with Crippen molar-refractivity contribution in [1.82, 2.24) is 5.32 Å². The molecular weight excluding hydrogens is 302 g/mol. The molecule has 0 aliphatic heterocycles. The third-order valence-corrected chi connectivity index (χ3v) is 4.89. The molecule has 1 rings (SSSR count). The van der Waals surface area contributed by atoms with Gasteiger partial charge in [0.25, 0.3) is 5.91 Å². The third-order valence-electron chi connectivity index (χ3n) is 2.72. The molecule has 1 unspecified atom stereocenters. The number of sulfone groups is 1. The number of hydrogen-bond acceptors (Lipinski definition) is 5. The van der Waals surface area contributed by atoms with Gasteiger partial charge >= 0.3 is 5.97 Å². The lowest BCUT2D eigenvalue weighted by atomic mass is 10.0. The quantitative estimate of drug-likeness (QED) is 0.791. The fourth-order valence-electron chi connectivity index (χ4n) is 1.60. The molecule has 0 aliphatic carbocycles. The molecular formula is C12H17NO5S2. The van der Waals surface area contributed by atoms with Crippen LogP contribution in [0.2, 0.25) is 0 Å². The van der Waals surface area contributed by atoms with E-state index in [9.17, 15) is 18.0 Å². The van der Waals surface area contributed by atoms with Gasteiger partial charge in [0.05, 0.1) is 15.7 Å². The van der Waals surface area contributed by atoms with Crippen LogP contribution in [0.15, 0.2) is 16.3 Å². The highest BCUT2D eigenvalue weighted by Gasteiger charge is 2.19. The predicted octanol–water partition coefficient (Wildman–Crippen LogP) is 1.38. The van der Waals surface area contributed by atoms with Crippen LogP contribution < -0.4 is 5.32 Å². The molecule has 0 saturated heterocycles. The lowest BCUT2D eigenvalue weighted by molar-refractivity contribution is -0.141. The summed E-state index contributed by atoms with van der Waals surface area (Å²) >= 11 is 1.02. The zero-order valence-corrected chi connectivity index (χ0v) is 12.9. The Morgan fingerprint density at radius 1 is 1.45 bits per heavy atom. The van der Waals surface area contributed by atoms with Crippen molar-refractivity contribution in [2.24, 2.45) is 5.92 Å². The van der Waals surface area contributed by atoms with Gasteiger partial charge in [-0.3, -0.25) is 9.59 Å². The number of hydrogen-bond donors (Lipinski definition) is 2. The second-order valence-corrected chi connectivity index (χ2v) is 7.38. The lowest BCUT2D eigenvalue weighted by Crippen LogP contribution is -2.32. The Balaban J connectivity index is 2.67. The molecule has 0 fully saturated rings. The summed E-state index contributed by atoms with van der Waals surface area (Å²) in [6.45, 7) is 1.91. The van der Waals surface area contributed by atoms with Crippen LogP contribution in [0.4, 0.5) is 0 Å². The first kappa shape index (κ1) is 16.6. The minimum atomic E-state index is -3.33. The van der Waals surface area contributed by atoms with Gasteiger partial charge in [0.1, 0.15) is 0 Å². The number of aliphatic carboxylic acids is 1. The molecule has 112 valence electrons. The van der Waals surface area contributed by atoms with Crippen LogP contribution in [0, 0.1) is 5.92 Å². The maximum absolute atomic E-state index is 11.8. The van der Waals surface area contributed by atoms with Crippen molar-refractivity contribution in [3.63, 3.8) is 0 Å². The van der Waals surface area contributed by atoms with Gasteiger partial charge in [-0.2, -0.15) is 0 Å². The number of carbonyl (C=O) groups excluding carboxylic acids is 1. The Hall–Kier alpha value is -1.41. The van der Waals surface area contributed by atoms with E-state index in [2.05, 4.69) is 5.32 Å². The van der Waals surface area contributed by atoms with E-state index in [4.69, 9.17) is 5.11 Å². The second-order valence-electron chi connectivity index (χ2n) is 4.45. The molecule has 1 aromatic rings. The average molecular weight is 319 g/mol. The van der Waals surface area contributed by atoms with Crippen molar-refractivity contribution in [3.05, 3.63) is 16.3 Å². The molecule has 6 nitrogen and oxygen atoms in total. The molecule has 8 heteroatoms. The maximum Gasteiger partial charge on any atom is 0.308 e. The van der Waals surface area contributed by atoms with Crippen molar-refractivity contribution < 1.29 is 23.1 Å². The molecule has 0 aromatic carbocycles. The zero-order valence-electron chi connectivity index (χ0n) is 11.3. The fraction of sp³-hybridized carbons (Fsp3) is 0.500. The normalized spacial score (nSPS) is 12.9. The summed E-state index contributed by atoms with van der Waals surface area (Å²) in [6.07, 6.45) is 2.26. The van der Waals surface area contributed by atoms with Crippen LogP contribution in [-0.2, 0) is 14.6 Å². The highest BCUT2D eigenvalue weighted by Crippen LogP contribution is 2.19. The number of nitrogens with one attached hydrogen (secondary N) is 1. The highest BCUT2D eigenvalue weighted by molar-refractivity contribution is 7.90. The number of rotatable bonds is 7. The summed E-state index contributed by atoms with van der Waals surface area (Å²) < 4.78 is 22.6. The first-order valence-corrected chi connectivity index (χ1v) is 8.82. The van der Waals surface area contributed by atoms with Gasteiger partial charge in [-0.1, -0.05) is 13.3 Å². The Morgan fingerprint density at radius 3 is 2.55 bits per heavy atom. The number of thiophene rings is 1. The fourth-order valence-corrected chi connectivity index (χ4v) is 3.53. The van der Waals surface area contributed by atoms with E-state index in [1.165, 1.54) is 11.4 Å². The molecule has 0 spiro atoms. The van der Waals surface area contributed by atoms with Crippen molar-refractivity contribution in [1.29, 1.82) is 0 Å². The Kier molecular flexibility index (Phi) is 5.70. The minimum Gasteiger partial charge on any atom is -0.481 e. The largest absolute Gasteiger partial charge is 0.481 e. The van der Waals surface area contributed by atoms with E-state index in [1.807, 2.05) is 6.92 Å². The van der Waals surface area contributed by atoms with Crippen LogP contribution in [0.1, 0.15) is 29.4 Å². The van der Waals surface area contributed by atoms with Crippen LogP contribution >= 0.6 is 11.3 Å². The van der Waals surface area contributed by atoms with E-state index >= 15 is 0 Å². The monoisotopic (exact) mass is 319 g/mol. The minimum absolute atomic E-state index is 0.0358. The van der Waals surface area contributed by atoms with E-state index in [-0.39, 0.29) is 16.3 Å².